The minimum Gasteiger partial charge on any atom is -0.275 e. The van der Waals surface area contributed by atoms with E-state index in [4.69, 9.17) is 16.4 Å². The standard InChI is InChI=1S/C10H10ClN3O/c11-3-4-15-14-9-1-2-10-8(5-9)6-12-7-13-10/h1-2,5-7,14H,3-4H2. The van der Waals surface area contributed by atoms with Gasteiger partial charge in [-0.05, 0) is 18.2 Å². The van der Waals surface area contributed by atoms with Crippen LogP contribution in [-0.2, 0) is 4.84 Å². The second kappa shape index (κ2) is 4.91. The van der Waals surface area contributed by atoms with E-state index in [1.54, 1.807) is 6.20 Å². The number of nitrogens with zero attached hydrogens (tertiary/aromatic N) is 2. The first kappa shape index (κ1) is 10.1. The van der Waals surface area contributed by atoms with E-state index in [2.05, 4.69) is 15.4 Å². The first-order valence-electron chi connectivity index (χ1n) is 4.53. The van der Waals surface area contributed by atoms with E-state index in [0.717, 1.165) is 16.6 Å². The Morgan fingerprint density at radius 1 is 1.40 bits per heavy atom. The number of halogens is 1. The molecule has 0 aliphatic rings. The number of hydrogen-bond donors (Lipinski definition) is 1. The van der Waals surface area contributed by atoms with Gasteiger partial charge in [0.15, 0.2) is 0 Å². The molecule has 0 saturated carbocycles. The normalized spacial score (nSPS) is 10.5. The lowest BCUT2D eigenvalue weighted by Crippen LogP contribution is -2.03. The van der Waals surface area contributed by atoms with Gasteiger partial charge in [-0.1, -0.05) is 0 Å². The van der Waals surface area contributed by atoms with Crippen LogP contribution >= 0.6 is 11.6 Å². The Bertz CT molecular complexity index is 449. The molecule has 0 fully saturated rings. The van der Waals surface area contributed by atoms with Crippen molar-refractivity contribution in [1.82, 2.24) is 9.97 Å². The summed E-state index contributed by atoms with van der Waals surface area (Å²) in [6.45, 7) is 0.463. The monoisotopic (exact) mass is 223 g/mol. The molecule has 0 aliphatic carbocycles. The summed E-state index contributed by atoms with van der Waals surface area (Å²) in [5.41, 5.74) is 4.57. The summed E-state index contributed by atoms with van der Waals surface area (Å²) in [5, 5.41) is 0.969. The van der Waals surface area contributed by atoms with Crippen molar-refractivity contribution < 1.29 is 4.84 Å². The molecule has 0 bridgehead atoms. The third kappa shape index (κ3) is 2.55. The predicted molar refractivity (Wildman–Crippen MR) is 59.8 cm³/mol. The van der Waals surface area contributed by atoms with E-state index < -0.39 is 0 Å². The lowest BCUT2D eigenvalue weighted by atomic mass is 10.2. The average Bonchev–Trinajstić information content (AvgIpc) is 2.29. The van der Waals surface area contributed by atoms with Crippen LogP contribution in [0.4, 0.5) is 5.69 Å². The zero-order valence-electron chi connectivity index (χ0n) is 7.98. The maximum atomic E-state index is 5.48. The van der Waals surface area contributed by atoms with Gasteiger partial charge in [-0.3, -0.25) is 10.3 Å². The van der Waals surface area contributed by atoms with Crippen LogP contribution in [0.5, 0.6) is 0 Å². The van der Waals surface area contributed by atoms with Crippen LogP contribution < -0.4 is 5.48 Å². The fraction of sp³-hybridized carbons (Fsp3) is 0.200. The molecule has 0 unspecified atom stereocenters. The van der Waals surface area contributed by atoms with Crippen LogP contribution in [0.25, 0.3) is 10.9 Å². The molecule has 0 amide bonds. The molecule has 1 aromatic carbocycles. The van der Waals surface area contributed by atoms with Gasteiger partial charge in [-0.25, -0.2) is 9.97 Å². The van der Waals surface area contributed by atoms with Gasteiger partial charge in [-0.15, -0.1) is 11.6 Å². The summed E-state index contributed by atoms with van der Waals surface area (Å²) in [7, 11) is 0. The molecule has 1 aromatic heterocycles. The second-order valence-electron chi connectivity index (χ2n) is 2.94. The maximum absolute atomic E-state index is 5.48. The van der Waals surface area contributed by atoms with Gasteiger partial charge in [0.05, 0.1) is 17.8 Å². The molecule has 5 heteroatoms. The summed E-state index contributed by atoms with van der Waals surface area (Å²) in [6, 6.07) is 5.72. The van der Waals surface area contributed by atoms with Crippen LogP contribution in [0.3, 0.4) is 0 Å². The van der Waals surface area contributed by atoms with Gasteiger partial charge in [0, 0.05) is 17.5 Å². The minimum absolute atomic E-state index is 0.462. The zero-order valence-corrected chi connectivity index (χ0v) is 8.74. The van der Waals surface area contributed by atoms with Crippen molar-refractivity contribution in [2.75, 3.05) is 18.0 Å². The van der Waals surface area contributed by atoms with E-state index >= 15 is 0 Å². The predicted octanol–water partition coefficient (Wildman–Crippen LogP) is 2.21. The highest BCUT2D eigenvalue weighted by Gasteiger charge is 1.96. The summed E-state index contributed by atoms with van der Waals surface area (Å²) < 4.78 is 0. The van der Waals surface area contributed by atoms with Crippen molar-refractivity contribution in [3.63, 3.8) is 0 Å². The number of benzene rings is 1. The molecule has 2 rings (SSSR count). The van der Waals surface area contributed by atoms with E-state index in [9.17, 15) is 0 Å². The van der Waals surface area contributed by atoms with E-state index in [1.807, 2.05) is 18.2 Å². The van der Waals surface area contributed by atoms with Crippen LogP contribution in [-0.4, -0.2) is 22.5 Å². The number of aromatic nitrogens is 2. The van der Waals surface area contributed by atoms with Gasteiger partial charge in [0.1, 0.15) is 6.33 Å². The summed E-state index contributed by atoms with van der Waals surface area (Å²) >= 11 is 5.48. The summed E-state index contributed by atoms with van der Waals surface area (Å²) in [5.74, 6) is 0.462. The highest BCUT2D eigenvalue weighted by molar-refractivity contribution is 6.17. The molecule has 0 spiro atoms. The number of anilines is 1. The van der Waals surface area contributed by atoms with E-state index in [1.165, 1.54) is 6.33 Å². The largest absolute Gasteiger partial charge is 0.275 e. The number of fused-ring (bicyclic) bond motifs is 1. The van der Waals surface area contributed by atoms with Crippen molar-refractivity contribution >= 4 is 28.2 Å². The second-order valence-corrected chi connectivity index (χ2v) is 3.31. The fourth-order valence-electron chi connectivity index (χ4n) is 1.22. The third-order valence-electron chi connectivity index (χ3n) is 1.87. The van der Waals surface area contributed by atoms with Crippen LogP contribution in [0.15, 0.2) is 30.7 Å². The van der Waals surface area contributed by atoms with Gasteiger partial charge >= 0.3 is 0 Å². The Balaban J connectivity index is 2.16. The smallest absolute Gasteiger partial charge is 0.116 e. The topological polar surface area (TPSA) is 47.0 Å². The number of rotatable bonds is 4. The van der Waals surface area contributed by atoms with Crippen molar-refractivity contribution in [1.29, 1.82) is 0 Å². The maximum Gasteiger partial charge on any atom is 0.116 e. The van der Waals surface area contributed by atoms with Gasteiger partial charge < -0.3 is 0 Å². The molecule has 1 heterocycles. The first-order valence-corrected chi connectivity index (χ1v) is 5.07. The van der Waals surface area contributed by atoms with Gasteiger partial charge in [0.25, 0.3) is 0 Å². The van der Waals surface area contributed by atoms with Crippen molar-refractivity contribution in [2.24, 2.45) is 0 Å². The lowest BCUT2D eigenvalue weighted by Gasteiger charge is -2.05. The van der Waals surface area contributed by atoms with Gasteiger partial charge in [-0.2, -0.15) is 0 Å². The fourth-order valence-corrected chi connectivity index (χ4v) is 1.30. The zero-order chi connectivity index (χ0) is 10.5. The molecule has 1 N–H and O–H groups in total. The highest BCUT2D eigenvalue weighted by atomic mass is 35.5. The molecule has 0 saturated heterocycles. The molecular formula is C10H10ClN3O. The minimum atomic E-state index is 0.462. The SMILES string of the molecule is ClCCONc1ccc2ncncc2c1. The molecule has 78 valence electrons. The molecule has 0 radical (unpaired) electrons. The Morgan fingerprint density at radius 3 is 3.20 bits per heavy atom. The van der Waals surface area contributed by atoms with Crippen LogP contribution in [0, 0.1) is 0 Å². The number of nitrogens with one attached hydrogen (secondary N) is 1. The number of hydrogen-bond acceptors (Lipinski definition) is 4. The third-order valence-corrected chi connectivity index (χ3v) is 2.03. The van der Waals surface area contributed by atoms with E-state index in [0.29, 0.717) is 12.5 Å². The van der Waals surface area contributed by atoms with E-state index in [-0.39, 0.29) is 0 Å². The molecule has 4 nitrogen and oxygen atoms in total. The quantitative estimate of drug-likeness (QED) is 0.491. The van der Waals surface area contributed by atoms with Crippen molar-refractivity contribution in [2.45, 2.75) is 0 Å². The average molecular weight is 224 g/mol. The highest BCUT2D eigenvalue weighted by Crippen LogP contribution is 2.15. The lowest BCUT2D eigenvalue weighted by molar-refractivity contribution is 0.212. The van der Waals surface area contributed by atoms with Gasteiger partial charge in [0.2, 0.25) is 0 Å². The summed E-state index contributed by atoms with van der Waals surface area (Å²) in [4.78, 5) is 13.2. The van der Waals surface area contributed by atoms with Crippen molar-refractivity contribution in [3.8, 4) is 0 Å². The van der Waals surface area contributed by atoms with Crippen molar-refractivity contribution in [3.05, 3.63) is 30.7 Å². The van der Waals surface area contributed by atoms with Crippen LogP contribution in [0.2, 0.25) is 0 Å². The Hall–Kier alpha value is -1.39. The Morgan fingerprint density at radius 2 is 2.33 bits per heavy atom. The van der Waals surface area contributed by atoms with Crippen LogP contribution in [0.1, 0.15) is 0 Å². The summed E-state index contributed by atoms with van der Waals surface area (Å²) in [6.07, 6.45) is 3.29. The molecule has 2 aromatic rings. The molecular weight excluding hydrogens is 214 g/mol. The Kier molecular flexibility index (Phi) is 3.32. The molecule has 0 atom stereocenters. The molecule has 0 aliphatic heterocycles. The Labute approximate surface area is 92.2 Å². The first-order chi connectivity index (χ1) is 7.40. The molecule has 15 heavy (non-hydrogen) atoms. The number of alkyl halides is 1.